The molecule has 7 nitrogen and oxygen atoms in total. The molecule has 0 saturated carbocycles. The molecule has 1 fully saturated rings. The number of nitrogens with zero attached hydrogens (tertiary/aromatic N) is 2. The molecule has 0 radical (unpaired) electrons. The fourth-order valence-corrected chi connectivity index (χ4v) is 2.57. The standard InChI is InChI=1S/C12H16N4O3/c17-6-12(19)1-2-16(5-12)4-8-3-13-10-9(8)14-7-15-11(10)18/h3,7,13,17,19H,1-2,4-6H2,(H,14,15,18)/t12-/m0/s1. The van der Waals surface area contributed by atoms with Crippen molar-refractivity contribution in [2.24, 2.45) is 0 Å². The SMILES string of the molecule is O=c1[nH]cnc2c(CN3CC[C@@](O)(CO)C3)c[nH]c12. The lowest BCUT2D eigenvalue weighted by Crippen LogP contribution is -2.36. The maximum Gasteiger partial charge on any atom is 0.275 e. The second-order valence-electron chi connectivity index (χ2n) is 5.11. The Morgan fingerprint density at radius 3 is 3.05 bits per heavy atom. The van der Waals surface area contributed by atoms with E-state index in [1.165, 1.54) is 6.33 Å². The van der Waals surface area contributed by atoms with Crippen molar-refractivity contribution in [2.75, 3.05) is 19.7 Å². The Hall–Kier alpha value is -1.70. The Kier molecular flexibility index (Phi) is 2.89. The molecule has 4 N–H and O–H groups in total. The zero-order valence-corrected chi connectivity index (χ0v) is 10.4. The number of H-pyrrole nitrogens is 2. The first kappa shape index (κ1) is 12.3. The number of aliphatic hydroxyl groups excluding tert-OH is 1. The highest BCUT2D eigenvalue weighted by atomic mass is 16.3. The van der Waals surface area contributed by atoms with Crippen molar-refractivity contribution >= 4 is 11.0 Å². The van der Waals surface area contributed by atoms with Gasteiger partial charge in [0.1, 0.15) is 11.1 Å². The summed E-state index contributed by atoms with van der Waals surface area (Å²) in [6.45, 7) is 1.51. The molecule has 3 rings (SSSR count). The minimum absolute atomic E-state index is 0.190. The van der Waals surface area contributed by atoms with E-state index < -0.39 is 5.60 Å². The van der Waals surface area contributed by atoms with Gasteiger partial charge in [-0.15, -0.1) is 0 Å². The highest BCUT2D eigenvalue weighted by Crippen LogP contribution is 2.23. The summed E-state index contributed by atoms with van der Waals surface area (Å²) in [5, 5.41) is 19.1. The first-order valence-corrected chi connectivity index (χ1v) is 6.20. The summed E-state index contributed by atoms with van der Waals surface area (Å²) >= 11 is 0. The topological polar surface area (TPSA) is 105 Å². The highest BCUT2D eigenvalue weighted by molar-refractivity contribution is 5.77. The molecule has 1 atom stereocenters. The third-order valence-corrected chi connectivity index (χ3v) is 3.65. The number of hydrogen-bond donors (Lipinski definition) is 4. The van der Waals surface area contributed by atoms with Gasteiger partial charge >= 0.3 is 0 Å². The minimum atomic E-state index is -1.00. The molecule has 7 heteroatoms. The molecule has 0 bridgehead atoms. The van der Waals surface area contributed by atoms with Crippen LogP contribution in [0, 0.1) is 0 Å². The van der Waals surface area contributed by atoms with Crippen LogP contribution in [0.5, 0.6) is 0 Å². The zero-order valence-electron chi connectivity index (χ0n) is 10.4. The number of β-amino-alcohol motifs (C(OH)–C–C–N with tert-alkyl or cyclic N) is 1. The van der Waals surface area contributed by atoms with E-state index in [4.69, 9.17) is 5.11 Å². The van der Waals surface area contributed by atoms with Gasteiger partial charge in [0.25, 0.3) is 5.56 Å². The number of hydrogen-bond acceptors (Lipinski definition) is 5. The van der Waals surface area contributed by atoms with Gasteiger partial charge in [0.2, 0.25) is 0 Å². The number of aromatic amines is 2. The summed E-state index contributed by atoms with van der Waals surface area (Å²) in [4.78, 5) is 23.2. The number of aromatic nitrogens is 3. The predicted molar refractivity (Wildman–Crippen MR) is 68.6 cm³/mol. The Balaban J connectivity index is 1.83. The van der Waals surface area contributed by atoms with E-state index >= 15 is 0 Å². The van der Waals surface area contributed by atoms with Crippen LogP contribution in [0.1, 0.15) is 12.0 Å². The van der Waals surface area contributed by atoms with Gasteiger partial charge < -0.3 is 20.2 Å². The van der Waals surface area contributed by atoms with Crippen LogP contribution in [0.3, 0.4) is 0 Å². The molecule has 1 aliphatic rings. The van der Waals surface area contributed by atoms with E-state index in [1.807, 2.05) is 4.90 Å². The van der Waals surface area contributed by atoms with Crippen molar-refractivity contribution < 1.29 is 10.2 Å². The Morgan fingerprint density at radius 1 is 1.47 bits per heavy atom. The third kappa shape index (κ3) is 2.16. The summed E-state index contributed by atoms with van der Waals surface area (Å²) in [6.07, 6.45) is 3.71. The van der Waals surface area contributed by atoms with E-state index in [0.717, 1.165) is 5.56 Å². The first-order chi connectivity index (χ1) is 9.11. The number of likely N-dealkylation sites (tertiary alicyclic amines) is 1. The highest BCUT2D eigenvalue weighted by Gasteiger charge is 2.35. The van der Waals surface area contributed by atoms with Crippen LogP contribution in [0.25, 0.3) is 11.0 Å². The Morgan fingerprint density at radius 2 is 2.32 bits per heavy atom. The summed E-state index contributed by atoms with van der Waals surface area (Å²) in [5.74, 6) is 0. The van der Waals surface area contributed by atoms with Crippen LogP contribution in [0.15, 0.2) is 17.3 Å². The molecule has 102 valence electrons. The van der Waals surface area contributed by atoms with Crippen LogP contribution in [-0.4, -0.2) is 55.4 Å². The Labute approximate surface area is 108 Å². The minimum Gasteiger partial charge on any atom is -0.393 e. The van der Waals surface area contributed by atoms with E-state index in [0.29, 0.717) is 37.1 Å². The molecule has 3 heterocycles. The van der Waals surface area contributed by atoms with Crippen LogP contribution in [0.2, 0.25) is 0 Å². The summed E-state index contributed by atoms with van der Waals surface area (Å²) in [5.41, 5.74) is 0.849. The van der Waals surface area contributed by atoms with E-state index in [1.54, 1.807) is 6.20 Å². The largest absolute Gasteiger partial charge is 0.393 e. The zero-order chi connectivity index (χ0) is 13.5. The van der Waals surface area contributed by atoms with E-state index in [-0.39, 0.29) is 12.2 Å². The van der Waals surface area contributed by atoms with Gasteiger partial charge in [-0.1, -0.05) is 0 Å². The van der Waals surface area contributed by atoms with E-state index in [2.05, 4.69) is 15.0 Å². The van der Waals surface area contributed by atoms with Gasteiger partial charge in [-0.2, -0.15) is 0 Å². The van der Waals surface area contributed by atoms with Crippen LogP contribution < -0.4 is 5.56 Å². The average molecular weight is 264 g/mol. The number of nitrogens with one attached hydrogen (secondary N) is 2. The van der Waals surface area contributed by atoms with Crippen molar-refractivity contribution in [1.82, 2.24) is 19.9 Å². The molecular weight excluding hydrogens is 248 g/mol. The van der Waals surface area contributed by atoms with Gasteiger partial charge in [-0.25, -0.2) is 4.98 Å². The number of aliphatic hydroxyl groups is 2. The molecule has 1 saturated heterocycles. The second-order valence-corrected chi connectivity index (χ2v) is 5.11. The number of fused-ring (bicyclic) bond motifs is 1. The molecule has 1 aliphatic heterocycles. The maximum atomic E-state index is 11.6. The summed E-state index contributed by atoms with van der Waals surface area (Å²) in [6, 6.07) is 0. The van der Waals surface area contributed by atoms with Gasteiger partial charge in [-0.05, 0) is 6.42 Å². The quantitative estimate of drug-likeness (QED) is 0.580. The van der Waals surface area contributed by atoms with Gasteiger partial charge in [0.05, 0.1) is 18.5 Å². The van der Waals surface area contributed by atoms with Crippen LogP contribution in [-0.2, 0) is 6.54 Å². The summed E-state index contributed by atoms with van der Waals surface area (Å²) < 4.78 is 0. The van der Waals surface area contributed by atoms with Gasteiger partial charge in [0, 0.05) is 31.4 Å². The average Bonchev–Trinajstić information content (AvgIpc) is 2.97. The fourth-order valence-electron chi connectivity index (χ4n) is 2.57. The van der Waals surface area contributed by atoms with Crippen molar-refractivity contribution in [3.05, 3.63) is 28.4 Å². The monoisotopic (exact) mass is 264 g/mol. The second kappa shape index (κ2) is 4.44. The molecule has 0 amide bonds. The lowest BCUT2D eigenvalue weighted by atomic mass is 10.1. The van der Waals surface area contributed by atoms with Crippen molar-refractivity contribution in [2.45, 2.75) is 18.6 Å². The normalized spacial score (nSPS) is 24.3. The maximum absolute atomic E-state index is 11.6. The first-order valence-electron chi connectivity index (χ1n) is 6.20. The third-order valence-electron chi connectivity index (χ3n) is 3.65. The van der Waals surface area contributed by atoms with Crippen molar-refractivity contribution in [1.29, 1.82) is 0 Å². The van der Waals surface area contributed by atoms with Crippen LogP contribution >= 0.6 is 0 Å². The molecular formula is C12H16N4O3. The molecule has 0 spiro atoms. The fraction of sp³-hybridized carbons (Fsp3) is 0.500. The van der Waals surface area contributed by atoms with Gasteiger partial charge in [-0.3, -0.25) is 9.69 Å². The molecule has 2 aromatic heterocycles. The Bertz CT molecular complexity index is 650. The van der Waals surface area contributed by atoms with E-state index in [9.17, 15) is 9.90 Å². The molecule has 0 aliphatic carbocycles. The molecule has 0 unspecified atom stereocenters. The van der Waals surface area contributed by atoms with Crippen molar-refractivity contribution in [3.63, 3.8) is 0 Å². The molecule has 0 aromatic carbocycles. The smallest absolute Gasteiger partial charge is 0.275 e. The lowest BCUT2D eigenvalue weighted by Gasteiger charge is -2.20. The molecule has 2 aromatic rings. The molecule has 19 heavy (non-hydrogen) atoms. The predicted octanol–water partition coefficient (Wildman–Crippen LogP) is -0.820. The van der Waals surface area contributed by atoms with Gasteiger partial charge in [0.15, 0.2) is 0 Å². The number of rotatable bonds is 3. The van der Waals surface area contributed by atoms with Crippen LogP contribution in [0.4, 0.5) is 0 Å². The van der Waals surface area contributed by atoms with Crippen molar-refractivity contribution in [3.8, 4) is 0 Å². The lowest BCUT2D eigenvalue weighted by molar-refractivity contribution is -0.00578. The summed E-state index contributed by atoms with van der Waals surface area (Å²) in [7, 11) is 0.